The molecule has 3 aromatic rings. The number of carboxylic acid groups (broad SMARTS) is 1. The van der Waals surface area contributed by atoms with Crippen LogP contribution in [0, 0.1) is 18.6 Å². The van der Waals surface area contributed by atoms with Crippen molar-refractivity contribution in [2.24, 2.45) is 0 Å². The van der Waals surface area contributed by atoms with Crippen molar-refractivity contribution in [2.75, 3.05) is 5.32 Å². The van der Waals surface area contributed by atoms with Gasteiger partial charge in [0.05, 0.1) is 28.8 Å². The third kappa shape index (κ3) is 3.63. The van der Waals surface area contributed by atoms with Gasteiger partial charge in [-0.05, 0) is 49.4 Å². The molecule has 0 bridgehead atoms. The van der Waals surface area contributed by atoms with Crippen LogP contribution >= 0.6 is 0 Å². The lowest BCUT2D eigenvalue weighted by atomic mass is 10.1. The van der Waals surface area contributed by atoms with Crippen LogP contribution in [0.25, 0.3) is 11.3 Å². The number of halogens is 2. The Kier molecular flexibility index (Phi) is 4.43. The Bertz CT molecular complexity index is 941. The Morgan fingerprint density at radius 2 is 1.88 bits per heavy atom. The SMILES string of the molecule is Cc1ccc(Nc2ccc(-c3cc(F)ccc3F)nc2)c(C(=O)O)c1. The van der Waals surface area contributed by atoms with E-state index < -0.39 is 17.6 Å². The number of pyridine rings is 1. The highest BCUT2D eigenvalue weighted by Crippen LogP contribution is 2.25. The molecule has 0 unspecified atom stereocenters. The maximum atomic E-state index is 13.8. The van der Waals surface area contributed by atoms with E-state index in [1.54, 1.807) is 31.2 Å². The second kappa shape index (κ2) is 6.68. The van der Waals surface area contributed by atoms with Gasteiger partial charge >= 0.3 is 5.97 Å². The smallest absolute Gasteiger partial charge is 0.337 e. The van der Waals surface area contributed by atoms with E-state index in [4.69, 9.17) is 0 Å². The van der Waals surface area contributed by atoms with Gasteiger partial charge in [-0.15, -0.1) is 0 Å². The average molecular weight is 340 g/mol. The monoisotopic (exact) mass is 340 g/mol. The summed E-state index contributed by atoms with van der Waals surface area (Å²) in [7, 11) is 0. The first-order valence-corrected chi connectivity index (χ1v) is 7.46. The van der Waals surface area contributed by atoms with Crippen LogP contribution in [0.4, 0.5) is 20.2 Å². The summed E-state index contributed by atoms with van der Waals surface area (Å²) < 4.78 is 27.1. The molecule has 0 amide bonds. The molecule has 126 valence electrons. The lowest BCUT2D eigenvalue weighted by Crippen LogP contribution is -2.03. The first-order chi connectivity index (χ1) is 11.9. The Labute approximate surface area is 142 Å². The molecule has 0 aliphatic rings. The number of rotatable bonds is 4. The van der Waals surface area contributed by atoms with Crippen molar-refractivity contribution in [2.45, 2.75) is 6.92 Å². The zero-order valence-electron chi connectivity index (χ0n) is 13.3. The van der Waals surface area contributed by atoms with Gasteiger partial charge in [0.1, 0.15) is 11.6 Å². The maximum Gasteiger partial charge on any atom is 0.337 e. The Hall–Kier alpha value is -3.28. The van der Waals surface area contributed by atoms with Crippen LogP contribution in [0.5, 0.6) is 0 Å². The number of aryl methyl sites for hydroxylation is 1. The molecule has 0 aliphatic heterocycles. The first kappa shape index (κ1) is 16.6. The van der Waals surface area contributed by atoms with E-state index in [2.05, 4.69) is 10.3 Å². The molecule has 2 N–H and O–H groups in total. The largest absolute Gasteiger partial charge is 0.478 e. The predicted molar refractivity (Wildman–Crippen MR) is 91.0 cm³/mol. The number of hydrogen-bond donors (Lipinski definition) is 2. The van der Waals surface area contributed by atoms with Crippen molar-refractivity contribution in [3.8, 4) is 11.3 Å². The molecule has 0 spiro atoms. The summed E-state index contributed by atoms with van der Waals surface area (Å²) in [6.07, 6.45) is 1.44. The number of carboxylic acids is 1. The number of anilines is 2. The van der Waals surface area contributed by atoms with Gasteiger partial charge in [-0.2, -0.15) is 0 Å². The quantitative estimate of drug-likeness (QED) is 0.718. The fourth-order valence-electron chi connectivity index (χ4n) is 2.42. The number of hydrogen-bond acceptors (Lipinski definition) is 3. The van der Waals surface area contributed by atoms with Gasteiger partial charge in [0.25, 0.3) is 0 Å². The highest BCUT2D eigenvalue weighted by atomic mass is 19.1. The van der Waals surface area contributed by atoms with Crippen molar-refractivity contribution in [3.05, 3.63) is 77.5 Å². The molecule has 25 heavy (non-hydrogen) atoms. The number of nitrogens with zero attached hydrogens (tertiary/aromatic N) is 1. The van der Waals surface area contributed by atoms with E-state index in [9.17, 15) is 18.7 Å². The summed E-state index contributed by atoms with van der Waals surface area (Å²) in [5.74, 6) is -2.16. The number of benzene rings is 2. The molecule has 0 saturated carbocycles. The van der Waals surface area contributed by atoms with Crippen molar-refractivity contribution in [1.82, 2.24) is 4.98 Å². The Morgan fingerprint density at radius 1 is 1.08 bits per heavy atom. The Morgan fingerprint density at radius 3 is 2.56 bits per heavy atom. The minimum atomic E-state index is -1.04. The normalized spacial score (nSPS) is 10.5. The van der Waals surface area contributed by atoms with Crippen LogP contribution in [0.3, 0.4) is 0 Å². The van der Waals surface area contributed by atoms with Crippen LogP contribution in [0.2, 0.25) is 0 Å². The van der Waals surface area contributed by atoms with Crippen LogP contribution in [-0.2, 0) is 0 Å². The highest BCUT2D eigenvalue weighted by molar-refractivity contribution is 5.95. The standard InChI is InChI=1S/C19H14F2N2O2/c1-11-2-6-18(15(8-11)19(24)25)23-13-4-7-17(22-10-13)14-9-12(20)3-5-16(14)21/h2-10,23H,1H3,(H,24,25). The van der Waals surface area contributed by atoms with Gasteiger partial charge in [-0.25, -0.2) is 13.6 Å². The van der Waals surface area contributed by atoms with Crippen LogP contribution in [0.1, 0.15) is 15.9 Å². The summed E-state index contributed by atoms with van der Waals surface area (Å²) in [6.45, 7) is 1.81. The zero-order valence-corrected chi connectivity index (χ0v) is 13.3. The molecule has 0 atom stereocenters. The maximum absolute atomic E-state index is 13.8. The van der Waals surface area contributed by atoms with Crippen molar-refractivity contribution in [3.63, 3.8) is 0 Å². The molecule has 2 aromatic carbocycles. The molecule has 1 heterocycles. The number of nitrogens with one attached hydrogen (secondary N) is 1. The predicted octanol–water partition coefficient (Wildman–Crippen LogP) is 4.78. The first-order valence-electron chi connectivity index (χ1n) is 7.46. The van der Waals surface area contributed by atoms with Gasteiger partial charge in [0.15, 0.2) is 0 Å². The van der Waals surface area contributed by atoms with Gasteiger partial charge in [0.2, 0.25) is 0 Å². The lowest BCUT2D eigenvalue weighted by molar-refractivity contribution is 0.0698. The molecule has 1 aromatic heterocycles. The summed E-state index contributed by atoms with van der Waals surface area (Å²) in [5.41, 5.74) is 2.27. The highest BCUT2D eigenvalue weighted by Gasteiger charge is 2.11. The summed E-state index contributed by atoms with van der Waals surface area (Å²) in [5, 5.41) is 12.3. The van der Waals surface area contributed by atoms with Crippen molar-refractivity contribution >= 4 is 17.3 Å². The fraction of sp³-hybridized carbons (Fsp3) is 0.0526. The topological polar surface area (TPSA) is 62.2 Å². The molecule has 4 nitrogen and oxygen atoms in total. The molecule has 3 rings (SSSR count). The minimum absolute atomic E-state index is 0.0631. The summed E-state index contributed by atoms with van der Waals surface area (Å²) in [6, 6.07) is 11.3. The van der Waals surface area contributed by atoms with Gasteiger partial charge in [0, 0.05) is 5.56 Å². The van der Waals surface area contributed by atoms with Crippen LogP contribution < -0.4 is 5.32 Å². The van der Waals surface area contributed by atoms with E-state index >= 15 is 0 Å². The van der Waals surface area contributed by atoms with Gasteiger partial charge in [-0.1, -0.05) is 11.6 Å². The summed E-state index contributed by atoms with van der Waals surface area (Å²) in [4.78, 5) is 15.5. The van der Waals surface area contributed by atoms with Crippen LogP contribution in [-0.4, -0.2) is 16.1 Å². The molecule has 0 fully saturated rings. The molecular formula is C19H14F2N2O2. The minimum Gasteiger partial charge on any atom is -0.478 e. The summed E-state index contributed by atoms with van der Waals surface area (Å²) >= 11 is 0. The molecule has 6 heteroatoms. The van der Waals surface area contributed by atoms with Crippen molar-refractivity contribution < 1.29 is 18.7 Å². The third-order valence-electron chi connectivity index (χ3n) is 3.65. The number of carbonyl (C=O) groups is 1. The number of aromatic nitrogens is 1. The fourth-order valence-corrected chi connectivity index (χ4v) is 2.42. The Balaban J connectivity index is 1.89. The lowest BCUT2D eigenvalue weighted by Gasteiger charge is -2.11. The van der Waals surface area contributed by atoms with Gasteiger partial charge in [-0.3, -0.25) is 4.98 Å². The van der Waals surface area contributed by atoms with E-state index in [1.165, 1.54) is 12.3 Å². The second-order valence-electron chi connectivity index (χ2n) is 5.54. The van der Waals surface area contributed by atoms with E-state index in [0.29, 0.717) is 11.4 Å². The third-order valence-corrected chi connectivity index (χ3v) is 3.65. The van der Waals surface area contributed by atoms with E-state index in [1.807, 2.05) is 0 Å². The second-order valence-corrected chi connectivity index (χ2v) is 5.54. The molecule has 0 aliphatic carbocycles. The molecular weight excluding hydrogens is 326 g/mol. The zero-order chi connectivity index (χ0) is 18.0. The van der Waals surface area contributed by atoms with Crippen molar-refractivity contribution in [1.29, 1.82) is 0 Å². The molecule has 0 radical (unpaired) electrons. The van der Waals surface area contributed by atoms with E-state index in [-0.39, 0.29) is 16.8 Å². The van der Waals surface area contributed by atoms with Crippen LogP contribution in [0.15, 0.2) is 54.7 Å². The van der Waals surface area contributed by atoms with E-state index in [0.717, 1.165) is 23.8 Å². The number of aromatic carboxylic acids is 1. The average Bonchev–Trinajstić information content (AvgIpc) is 2.59. The van der Waals surface area contributed by atoms with Gasteiger partial charge < -0.3 is 10.4 Å². The molecule has 0 saturated heterocycles.